The van der Waals surface area contributed by atoms with E-state index in [2.05, 4.69) is 94.4 Å². The van der Waals surface area contributed by atoms with Gasteiger partial charge in [-0.15, -0.1) is 0 Å². The molecular weight excluding hydrogens is 288 g/mol. The van der Waals surface area contributed by atoms with Gasteiger partial charge >= 0.3 is 0 Å². The average molecular weight is 314 g/mol. The van der Waals surface area contributed by atoms with Gasteiger partial charge in [0, 0.05) is 0 Å². The van der Waals surface area contributed by atoms with Crippen LogP contribution in [-0.4, -0.2) is 0 Å². The van der Waals surface area contributed by atoms with Crippen molar-refractivity contribution in [2.75, 3.05) is 0 Å². The summed E-state index contributed by atoms with van der Waals surface area (Å²) in [5.41, 5.74) is 9.30. The molecule has 0 aliphatic heterocycles. The molecule has 0 N–H and O–H groups in total. The van der Waals surface area contributed by atoms with Crippen LogP contribution >= 0.6 is 0 Å². The van der Waals surface area contributed by atoms with E-state index in [-0.39, 0.29) is 0 Å². The molecule has 0 saturated heterocycles. The maximum atomic E-state index is 2.32. The maximum Gasteiger partial charge on any atom is -0.0181 e. The lowest BCUT2D eigenvalue weighted by Gasteiger charge is -2.11. The molecule has 0 atom stereocenters. The highest BCUT2D eigenvalue weighted by molar-refractivity contribution is 5.71. The summed E-state index contributed by atoms with van der Waals surface area (Å²) in [5.74, 6) is 0.697. The maximum absolute atomic E-state index is 2.32. The van der Waals surface area contributed by atoms with E-state index >= 15 is 0 Å². The third-order valence-electron chi connectivity index (χ3n) is 4.54. The Kier molecular flexibility index (Phi) is 4.85. The van der Waals surface area contributed by atoms with Gasteiger partial charge in [0.1, 0.15) is 0 Å². The Morgan fingerprint density at radius 1 is 0.667 bits per heavy atom. The second kappa shape index (κ2) is 7.05. The number of hydrogen-bond donors (Lipinski definition) is 0. The van der Waals surface area contributed by atoms with Crippen LogP contribution in [0.5, 0.6) is 0 Å². The minimum atomic E-state index is 0.697. The summed E-state index contributed by atoms with van der Waals surface area (Å²) in [4.78, 5) is 0. The number of aryl methyl sites for hydroxylation is 2. The van der Waals surface area contributed by atoms with Crippen molar-refractivity contribution in [1.29, 1.82) is 0 Å². The molecule has 24 heavy (non-hydrogen) atoms. The topological polar surface area (TPSA) is 0 Å². The van der Waals surface area contributed by atoms with Crippen LogP contribution in [0, 0.1) is 19.8 Å². The van der Waals surface area contributed by atoms with Gasteiger partial charge in [0.25, 0.3) is 0 Å². The van der Waals surface area contributed by atoms with Gasteiger partial charge in [-0.25, -0.2) is 0 Å². The van der Waals surface area contributed by atoms with E-state index in [0.717, 1.165) is 6.42 Å². The van der Waals surface area contributed by atoms with Gasteiger partial charge < -0.3 is 0 Å². The summed E-state index contributed by atoms with van der Waals surface area (Å²) in [7, 11) is 0. The molecule has 0 aliphatic carbocycles. The Morgan fingerprint density at radius 3 is 1.79 bits per heavy atom. The fourth-order valence-electron chi connectivity index (χ4n) is 3.22. The van der Waals surface area contributed by atoms with Crippen LogP contribution in [0.4, 0.5) is 0 Å². The molecule has 0 bridgehead atoms. The summed E-state index contributed by atoms with van der Waals surface area (Å²) in [5, 5.41) is 0. The van der Waals surface area contributed by atoms with Gasteiger partial charge in [0.05, 0.1) is 0 Å². The first kappa shape index (κ1) is 16.5. The Balaban J connectivity index is 1.87. The molecule has 3 aromatic carbocycles. The molecule has 0 amide bonds. The van der Waals surface area contributed by atoms with E-state index in [1.807, 2.05) is 0 Å². The Bertz CT molecular complexity index is 823. The molecule has 0 aromatic heterocycles. The van der Waals surface area contributed by atoms with Crippen LogP contribution in [-0.2, 0) is 6.42 Å². The largest absolute Gasteiger partial charge is 0.0625 e. The fourth-order valence-corrected chi connectivity index (χ4v) is 3.22. The highest BCUT2D eigenvalue weighted by Crippen LogP contribution is 2.27. The summed E-state index contributed by atoms with van der Waals surface area (Å²) < 4.78 is 0. The molecule has 0 nitrogen and oxygen atoms in total. The van der Waals surface area contributed by atoms with E-state index in [1.54, 1.807) is 0 Å². The lowest BCUT2D eigenvalue weighted by atomic mass is 9.94. The highest BCUT2D eigenvalue weighted by atomic mass is 14.1. The van der Waals surface area contributed by atoms with E-state index in [9.17, 15) is 0 Å². The zero-order valence-corrected chi connectivity index (χ0v) is 15.1. The molecule has 0 saturated carbocycles. The summed E-state index contributed by atoms with van der Waals surface area (Å²) in [6.45, 7) is 8.91. The third-order valence-corrected chi connectivity index (χ3v) is 4.54. The average Bonchev–Trinajstić information content (AvgIpc) is 2.56. The lowest BCUT2D eigenvalue weighted by molar-refractivity contribution is 0.645. The zero-order valence-electron chi connectivity index (χ0n) is 15.1. The summed E-state index contributed by atoms with van der Waals surface area (Å²) in [6, 6.07) is 24.4. The van der Waals surface area contributed by atoms with Crippen molar-refractivity contribution in [3.05, 3.63) is 83.4 Å². The van der Waals surface area contributed by atoms with Crippen LogP contribution in [0.15, 0.2) is 66.7 Å². The van der Waals surface area contributed by atoms with Crippen molar-refractivity contribution < 1.29 is 0 Å². The van der Waals surface area contributed by atoms with Crippen molar-refractivity contribution in [3.63, 3.8) is 0 Å². The van der Waals surface area contributed by atoms with Crippen LogP contribution in [0.2, 0.25) is 0 Å². The summed E-state index contributed by atoms with van der Waals surface area (Å²) in [6.07, 6.45) is 1.15. The monoisotopic (exact) mass is 314 g/mol. The van der Waals surface area contributed by atoms with Crippen molar-refractivity contribution in [2.45, 2.75) is 34.1 Å². The van der Waals surface area contributed by atoms with E-state index in [4.69, 9.17) is 0 Å². The molecule has 0 heteroatoms. The highest BCUT2D eigenvalue weighted by Gasteiger charge is 2.05. The first-order valence-corrected chi connectivity index (χ1v) is 8.80. The minimum absolute atomic E-state index is 0.697. The molecular formula is C24H26. The predicted molar refractivity (Wildman–Crippen MR) is 105 cm³/mol. The van der Waals surface area contributed by atoms with Gasteiger partial charge in [-0.1, -0.05) is 86.1 Å². The van der Waals surface area contributed by atoms with Gasteiger partial charge in [-0.3, -0.25) is 0 Å². The quantitative estimate of drug-likeness (QED) is 0.494. The van der Waals surface area contributed by atoms with Crippen molar-refractivity contribution in [3.8, 4) is 22.3 Å². The molecule has 0 fully saturated rings. The Labute approximate surface area is 146 Å². The molecule has 0 unspecified atom stereocenters. The van der Waals surface area contributed by atoms with Crippen LogP contribution in [0.3, 0.4) is 0 Å². The fraction of sp³-hybridized carbons (Fsp3) is 0.250. The van der Waals surface area contributed by atoms with Crippen molar-refractivity contribution in [2.24, 2.45) is 5.92 Å². The molecule has 0 heterocycles. The van der Waals surface area contributed by atoms with Crippen LogP contribution in [0.1, 0.15) is 30.5 Å². The summed E-state index contributed by atoms with van der Waals surface area (Å²) >= 11 is 0. The normalized spacial score (nSPS) is 11.0. The molecule has 122 valence electrons. The first-order chi connectivity index (χ1) is 11.5. The predicted octanol–water partition coefficient (Wildman–Crippen LogP) is 6.84. The van der Waals surface area contributed by atoms with Gasteiger partial charge in [0.2, 0.25) is 0 Å². The Morgan fingerprint density at radius 2 is 1.25 bits per heavy atom. The molecule has 0 spiro atoms. The van der Waals surface area contributed by atoms with Crippen molar-refractivity contribution >= 4 is 0 Å². The number of hydrogen-bond acceptors (Lipinski definition) is 0. The van der Waals surface area contributed by atoms with Crippen molar-refractivity contribution in [1.82, 2.24) is 0 Å². The SMILES string of the molecule is Cc1cccc(-c2ccc(-c3ccc(CC(C)C)c(C)c3)cc2)c1. The zero-order chi connectivity index (χ0) is 17.1. The minimum Gasteiger partial charge on any atom is -0.0625 e. The second-order valence-corrected chi connectivity index (χ2v) is 7.19. The van der Waals surface area contributed by atoms with Crippen LogP contribution < -0.4 is 0 Å². The lowest BCUT2D eigenvalue weighted by Crippen LogP contribution is -1.97. The smallest absolute Gasteiger partial charge is 0.0181 e. The third kappa shape index (κ3) is 3.76. The van der Waals surface area contributed by atoms with Gasteiger partial charge in [-0.05, 0) is 59.6 Å². The standard InChI is InChI=1S/C24H26/c1-17(2)14-22-12-13-24(16-19(22)4)21-10-8-20(9-11-21)23-7-5-6-18(3)15-23/h5-13,15-17H,14H2,1-4H3. The molecule has 0 radical (unpaired) electrons. The second-order valence-electron chi connectivity index (χ2n) is 7.19. The van der Waals surface area contributed by atoms with Gasteiger partial charge in [0.15, 0.2) is 0 Å². The van der Waals surface area contributed by atoms with E-state index in [0.29, 0.717) is 5.92 Å². The van der Waals surface area contributed by atoms with E-state index < -0.39 is 0 Å². The molecule has 3 aromatic rings. The van der Waals surface area contributed by atoms with Gasteiger partial charge in [-0.2, -0.15) is 0 Å². The van der Waals surface area contributed by atoms with Crippen LogP contribution in [0.25, 0.3) is 22.3 Å². The van der Waals surface area contributed by atoms with E-state index in [1.165, 1.54) is 38.9 Å². The number of rotatable bonds is 4. The molecule has 0 aliphatic rings. The first-order valence-electron chi connectivity index (χ1n) is 8.80. The Hall–Kier alpha value is -2.34. The molecule has 3 rings (SSSR count). The number of benzene rings is 3.